The third-order valence-electron chi connectivity index (χ3n) is 3.82. The van der Waals surface area contributed by atoms with Crippen LogP contribution in [0.3, 0.4) is 0 Å². The lowest BCUT2D eigenvalue weighted by Gasteiger charge is -2.31. The van der Waals surface area contributed by atoms with Crippen LogP contribution in [-0.2, 0) is 10.0 Å². The number of piperidine rings is 1. The number of hydrogen-bond acceptors (Lipinski definition) is 6. The summed E-state index contributed by atoms with van der Waals surface area (Å²) in [4.78, 5) is 10.9. The number of likely N-dealkylation sites (N-methyl/N-ethyl adjacent to an activating group) is 1. The van der Waals surface area contributed by atoms with Crippen LogP contribution in [0.5, 0.6) is 0 Å². The summed E-state index contributed by atoms with van der Waals surface area (Å²) >= 11 is 0. The fourth-order valence-electron chi connectivity index (χ4n) is 2.65. The highest BCUT2D eigenvalue weighted by Crippen LogP contribution is 2.30. The summed E-state index contributed by atoms with van der Waals surface area (Å²) in [7, 11) is 0.887. The van der Waals surface area contributed by atoms with Crippen molar-refractivity contribution in [3.05, 3.63) is 18.1 Å². The summed E-state index contributed by atoms with van der Waals surface area (Å²) < 4.78 is 25.1. The van der Waals surface area contributed by atoms with Gasteiger partial charge in [0.1, 0.15) is 5.82 Å². The largest absolute Gasteiger partial charge is 0.367 e. The Bertz CT molecular complexity index is 591. The molecule has 1 aliphatic heterocycles. The van der Waals surface area contributed by atoms with Crippen LogP contribution in [0.2, 0.25) is 0 Å². The van der Waals surface area contributed by atoms with Gasteiger partial charge in [-0.25, -0.2) is 17.7 Å². The predicted octanol–water partition coefficient (Wildman–Crippen LogP) is 0.589. The van der Waals surface area contributed by atoms with E-state index in [2.05, 4.69) is 20.2 Å². The van der Waals surface area contributed by atoms with Crippen LogP contribution in [0.1, 0.15) is 24.5 Å². The minimum Gasteiger partial charge on any atom is -0.367 e. The summed E-state index contributed by atoms with van der Waals surface area (Å²) in [5.41, 5.74) is 0.870. The number of sulfonamides is 1. The zero-order valence-corrected chi connectivity index (χ0v) is 14.3. The van der Waals surface area contributed by atoms with Crippen molar-refractivity contribution in [1.82, 2.24) is 19.2 Å². The molecular formula is C14H25N5O2S. The molecule has 1 aromatic heterocycles. The second kappa shape index (κ2) is 7.34. The van der Waals surface area contributed by atoms with Gasteiger partial charge in [-0.2, -0.15) is 0 Å². The Balaban J connectivity index is 2.11. The maximum Gasteiger partial charge on any atom is 0.211 e. The van der Waals surface area contributed by atoms with E-state index in [-0.39, 0.29) is 5.92 Å². The van der Waals surface area contributed by atoms with Gasteiger partial charge in [0.05, 0.1) is 11.9 Å². The fraction of sp³-hybridized carbons (Fsp3) is 0.714. The predicted molar refractivity (Wildman–Crippen MR) is 87.5 cm³/mol. The van der Waals surface area contributed by atoms with Crippen molar-refractivity contribution in [3.63, 3.8) is 0 Å². The summed E-state index contributed by atoms with van der Waals surface area (Å²) in [6, 6.07) is 0. The topological polar surface area (TPSA) is 78.4 Å². The van der Waals surface area contributed by atoms with Gasteiger partial charge in [-0.15, -0.1) is 0 Å². The molecule has 1 fully saturated rings. The standard InChI is InChI=1S/C14H25N5O2S/c1-18(2)10-8-17-14-13(15-6-7-16-14)12-5-4-9-19(11-12)22(3,20)21/h6-7,12H,4-5,8-11H2,1-3H3,(H,16,17). The van der Waals surface area contributed by atoms with E-state index in [1.54, 1.807) is 16.7 Å². The Morgan fingerprint density at radius 3 is 2.77 bits per heavy atom. The Morgan fingerprint density at radius 1 is 1.36 bits per heavy atom. The van der Waals surface area contributed by atoms with E-state index in [4.69, 9.17) is 0 Å². The van der Waals surface area contributed by atoms with Crippen LogP contribution in [-0.4, -0.2) is 74.1 Å². The van der Waals surface area contributed by atoms with Crippen LogP contribution in [0.4, 0.5) is 5.82 Å². The second-order valence-electron chi connectivity index (χ2n) is 5.98. The summed E-state index contributed by atoms with van der Waals surface area (Å²) in [5, 5.41) is 3.31. The van der Waals surface area contributed by atoms with Gasteiger partial charge in [0, 0.05) is 44.5 Å². The quantitative estimate of drug-likeness (QED) is 0.824. The van der Waals surface area contributed by atoms with E-state index >= 15 is 0 Å². The first-order valence-electron chi connectivity index (χ1n) is 7.52. The summed E-state index contributed by atoms with van der Waals surface area (Å²) in [5.74, 6) is 0.865. The Labute approximate surface area is 132 Å². The number of aromatic nitrogens is 2. The molecule has 0 saturated carbocycles. The van der Waals surface area contributed by atoms with Gasteiger partial charge in [-0.05, 0) is 26.9 Å². The molecule has 0 radical (unpaired) electrons. The van der Waals surface area contributed by atoms with E-state index < -0.39 is 10.0 Å². The molecule has 0 spiro atoms. The molecule has 0 aliphatic carbocycles. The normalized spacial score (nSPS) is 20.3. The van der Waals surface area contributed by atoms with E-state index in [0.717, 1.165) is 37.4 Å². The fourth-order valence-corrected chi connectivity index (χ4v) is 3.56. The first-order chi connectivity index (χ1) is 10.4. The lowest BCUT2D eigenvalue weighted by Crippen LogP contribution is -2.38. The molecule has 1 unspecified atom stereocenters. The lowest BCUT2D eigenvalue weighted by atomic mass is 9.95. The van der Waals surface area contributed by atoms with Gasteiger partial charge in [-0.3, -0.25) is 4.98 Å². The van der Waals surface area contributed by atoms with Crippen LogP contribution in [0.25, 0.3) is 0 Å². The van der Waals surface area contributed by atoms with Crippen LogP contribution >= 0.6 is 0 Å². The molecular weight excluding hydrogens is 302 g/mol. The molecule has 1 aromatic rings. The Kier molecular flexibility index (Phi) is 5.71. The molecule has 22 heavy (non-hydrogen) atoms. The minimum absolute atomic E-state index is 0.0963. The summed E-state index contributed by atoms with van der Waals surface area (Å²) in [6.45, 7) is 2.76. The number of anilines is 1. The Morgan fingerprint density at radius 2 is 2.09 bits per heavy atom. The number of nitrogens with zero attached hydrogens (tertiary/aromatic N) is 4. The molecule has 8 heteroatoms. The Hall–Kier alpha value is -1.25. The average Bonchev–Trinajstić information content (AvgIpc) is 2.47. The molecule has 1 saturated heterocycles. The molecule has 1 atom stereocenters. The van der Waals surface area contributed by atoms with Gasteiger partial charge in [0.2, 0.25) is 10.0 Å². The van der Waals surface area contributed by atoms with Crippen LogP contribution < -0.4 is 5.32 Å². The number of nitrogens with one attached hydrogen (secondary N) is 1. The van der Waals surface area contributed by atoms with Crippen molar-refractivity contribution in [2.75, 3.05) is 51.8 Å². The van der Waals surface area contributed by atoms with Crippen molar-refractivity contribution in [2.24, 2.45) is 0 Å². The molecule has 124 valence electrons. The van der Waals surface area contributed by atoms with Crippen LogP contribution in [0.15, 0.2) is 12.4 Å². The lowest BCUT2D eigenvalue weighted by molar-refractivity contribution is 0.314. The van der Waals surface area contributed by atoms with E-state index in [9.17, 15) is 8.42 Å². The third-order valence-corrected chi connectivity index (χ3v) is 5.09. The second-order valence-corrected chi connectivity index (χ2v) is 7.96. The van der Waals surface area contributed by atoms with Gasteiger partial charge in [0.15, 0.2) is 0 Å². The monoisotopic (exact) mass is 327 g/mol. The van der Waals surface area contributed by atoms with Gasteiger partial charge >= 0.3 is 0 Å². The molecule has 2 rings (SSSR count). The summed E-state index contributed by atoms with van der Waals surface area (Å²) in [6.07, 6.45) is 6.39. The van der Waals surface area contributed by atoms with Gasteiger partial charge < -0.3 is 10.2 Å². The van der Waals surface area contributed by atoms with Crippen molar-refractivity contribution in [1.29, 1.82) is 0 Å². The first-order valence-corrected chi connectivity index (χ1v) is 9.37. The average molecular weight is 327 g/mol. The van der Waals surface area contributed by atoms with Gasteiger partial charge in [0.25, 0.3) is 0 Å². The first kappa shape index (κ1) is 17.1. The number of hydrogen-bond donors (Lipinski definition) is 1. The SMILES string of the molecule is CN(C)CCNc1nccnc1C1CCCN(S(C)(=O)=O)C1. The zero-order valence-electron chi connectivity index (χ0n) is 13.5. The molecule has 2 heterocycles. The highest BCUT2D eigenvalue weighted by atomic mass is 32.2. The van der Waals surface area contributed by atoms with Crippen molar-refractivity contribution >= 4 is 15.8 Å². The molecule has 0 amide bonds. The van der Waals surface area contributed by atoms with Crippen molar-refractivity contribution < 1.29 is 8.42 Å². The van der Waals surface area contributed by atoms with Crippen molar-refractivity contribution in [2.45, 2.75) is 18.8 Å². The maximum absolute atomic E-state index is 11.8. The van der Waals surface area contributed by atoms with E-state index in [1.807, 2.05) is 14.1 Å². The third kappa shape index (κ3) is 4.62. The smallest absolute Gasteiger partial charge is 0.211 e. The molecule has 1 N–H and O–H groups in total. The highest BCUT2D eigenvalue weighted by molar-refractivity contribution is 7.88. The highest BCUT2D eigenvalue weighted by Gasteiger charge is 2.29. The maximum atomic E-state index is 11.8. The minimum atomic E-state index is -3.15. The van der Waals surface area contributed by atoms with Gasteiger partial charge in [-0.1, -0.05) is 0 Å². The van der Waals surface area contributed by atoms with E-state index in [0.29, 0.717) is 13.1 Å². The molecule has 1 aliphatic rings. The number of rotatable bonds is 6. The molecule has 0 aromatic carbocycles. The zero-order chi connectivity index (χ0) is 16.2. The van der Waals surface area contributed by atoms with Crippen molar-refractivity contribution in [3.8, 4) is 0 Å². The van der Waals surface area contributed by atoms with E-state index in [1.165, 1.54) is 6.26 Å². The van der Waals surface area contributed by atoms with Crippen LogP contribution in [0, 0.1) is 0 Å². The molecule has 0 bridgehead atoms. The molecule has 7 nitrogen and oxygen atoms in total.